The molecule has 4 rings (SSSR count). The monoisotopic (exact) mass is 435 g/mol. The average molecular weight is 436 g/mol. The van der Waals surface area contributed by atoms with Crippen LogP contribution in [0.3, 0.4) is 0 Å². The van der Waals surface area contributed by atoms with Gasteiger partial charge in [0.15, 0.2) is 0 Å². The second-order valence-corrected chi connectivity index (χ2v) is 8.15. The summed E-state index contributed by atoms with van der Waals surface area (Å²) in [6.07, 6.45) is -0.279. The minimum Gasteiger partial charge on any atom is -0.378 e. The van der Waals surface area contributed by atoms with Gasteiger partial charge in [0.25, 0.3) is 5.91 Å². The Balaban J connectivity index is 1.83. The van der Waals surface area contributed by atoms with Gasteiger partial charge >= 0.3 is 0 Å². The van der Waals surface area contributed by atoms with Crippen LogP contribution in [0.4, 0.5) is 17.1 Å². The number of carbonyl (C=O) groups is 1. The number of nitrogens with zero attached hydrogens (tertiary/aromatic N) is 2. The number of aryl methyl sites for hydroxylation is 1. The van der Waals surface area contributed by atoms with Gasteiger partial charge < -0.3 is 10.2 Å². The Hall–Kier alpha value is -2.79. The number of anilines is 3. The molecule has 1 aliphatic heterocycles. The lowest BCUT2D eigenvalue weighted by Crippen LogP contribution is -2.43. The molecule has 1 atom stereocenters. The molecule has 0 aromatic heterocycles. The van der Waals surface area contributed by atoms with E-state index in [1.807, 2.05) is 68.4 Å². The van der Waals surface area contributed by atoms with Crippen LogP contribution in [0.25, 0.3) is 0 Å². The molecular weight excluding hydrogens is 414 g/mol. The lowest BCUT2D eigenvalue weighted by Gasteiger charge is -2.38. The van der Waals surface area contributed by atoms with Crippen molar-refractivity contribution < 1.29 is 4.79 Å². The molecule has 1 amide bonds. The van der Waals surface area contributed by atoms with Crippen LogP contribution in [0.5, 0.6) is 0 Å². The molecule has 1 aliphatic rings. The second kappa shape index (κ2) is 7.32. The van der Waals surface area contributed by atoms with Crippen molar-refractivity contribution in [1.29, 1.82) is 0 Å². The number of carbonyl (C=O) groups excluding carboxylic acids is 1. The van der Waals surface area contributed by atoms with Crippen LogP contribution in [-0.2, 0) is 0 Å². The molecule has 0 saturated carbocycles. The normalized spacial score (nSPS) is 15.8. The summed E-state index contributed by atoms with van der Waals surface area (Å²) in [7, 11) is 4.04. The Morgan fingerprint density at radius 1 is 1.00 bits per heavy atom. The Kier molecular flexibility index (Phi) is 4.85. The molecule has 142 valence electrons. The summed E-state index contributed by atoms with van der Waals surface area (Å²) in [5.41, 5.74) is 5.67. The molecule has 0 spiro atoms. The SMILES string of the molecule is Cc1cccc(N2C(=O)c3cc(Br)ccc3N[C@H]2c2ccc(N(C)C)cc2)c1. The van der Waals surface area contributed by atoms with E-state index in [0.717, 1.165) is 32.7 Å². The third-order valence-corrected chi connectivity index (χ3v) is 5.48. The third-order valence-electron chi connectivity index (χ3n) is 4.99. The fourth-order valence-corrected chi connectivity index (χ4v) is 3.87. The lowest BCUT2D eigenvalue weighted by molar-refractivity contribution is 0.0975. The maximum atomic E-state index is 13.5. The first kappa shape index (κ1) is 18.6. The summed E-state index contributed by atoms with van der Waals surface area (Å²) < 4.78 is 0.888. The molecule has 0 fully saturated rings. The largest absolute Gasteiger partial charge is 0.378 e. The van der Waals surface area contributed by atoms with Crippen LogP contribution in [0.1, 0.15) is 27.7 Å². The predicted octanol–water partition coefficient (Wildman–Crippen LogP) is 5.59. The van der Waals surface area contributed by atoms with Crippen molar-refractivity contribution in [2.75, 3.05) is 29.2 Å². The molecular formula is C23H22BrN3O. The molecule has 0 saturated heterocycles. The van der Waals surface area contributed by atoms with Gasteiger partial charge in [0.05, 0.1) is 5.56 Å². The highest BCUT2D eigenvalue weighted by atomic mass is 79.9. The minimum atomic E-state index is -0.279. The lowest BCUT2D eigenvalue weighted by atomic mass is 10.0. The first-order chi connectivity index (χ1) is 13.4. The Morgan fingerprint density at radius 3 is 2.43 bits per heavy atom. The standard InChI is InChI=1S/C23H22BrN3O/c1-15-5-4-6-19(13-15)27-22(16-7-10-18(11-8-16)26(2)3)25-21-12-9-17(24)14-20(21)23(27)28/h4-14,22,25H,1-3H3/t22-/m1/s1. The summed E-state index contributed by atoms with van der Waals surface area (Å²) in [4.78, 5) is 17.4. The molecule has 0 radical (unpaired) electrons. The maximum absolute atomic E-state index is 13.5. The van der Waals surface area contributed by atoms with Gasteiger partial charge in [0.1, 0.15) is 6.17 Å². The zero-order valence-corrected chi connectivity index (χ0v) is 17.7. The zero-order chi connectivity index (χ0) is 19.8. The smallest absolute Gasteiger partial charge is 0.262 e. The highest BCUT2D eigenvalue weighted by Crippen LogP contribution is 2.38. The molecule has 0 unspecified atom stereocenters. The Labute approximate surface area is 173 Å². The molecule has 1 heterocycles. The zero-order valence-electron chi connectivity index (χ0n) is 16.1. The van der Waals surface area contributed by atoms with Crippen molar-refractivity contribution in [2.24, 2.45) is 0 Å². The number of amides is 1. The number of halogens is 1. The van der Waals surface area contributed by atoms with E-state index in [2.05, 4.69) is 50.4 Å². The van der Waals surface area contributed by atoms with E-state index in [-0.39, 0.29) is 12.1 Å². The molecule has 3 aromatic carbocycles. The molecule has 28 heavy (non-hydrogen) atoms. The molecule has 0 bridgehead atoms. The predicted molar refractivity (Wildman–Crippen MR) is 119 cm³/mol. The van der Waals surface area contributed by atoms with E-state index in [0.29, 0.717) is 5.56 Å². The molecule has 1 N–H and O–H groups in total. The van der Waals surface area contributed by atoms with E-state index in [9.17, 15) is 4.79 Å². The van der Waals surface area contributed by atoms with Crippen molar-refractivity contribution in [3.05, 3.63) is 87.9 Å². The fraction of sp³-hybridized carbons (Fsp3) is 0.174. The Bertz CT molecular complexity index is 1030. The van der Waals surface area contributed by atoms with Crippen molar-refractivity contribution >= 4 is 38.9 Å². The highest BCUT2D eigenvalue weighted by Gasteiger charge is 2.34. The molecule has 0 aliphatic carbocycles. The van der Waals surface area contributed by atoms with Gasteiger partial charge in [-0.15, -0.1) is 0 Å². The third kappa shape index (κ3) is 3.38. The molecule has 4 nitrogen and oxygen atoms in total. The number of fused-ring (bicyclic) bond motifs is 1. The van der Waals surface area contributed by atoms with Gasteiger partial charge in [0, 0.05) is 35.6 Å². The van der Waals surface area contributed by atoms with Crippen LogP contribution in [0.15, 0.2) is 71.2 Å². The van der Waals surface area contributed by atoms with Gasteiger partial charge in [-0.05, 0) is 60.5 Å². The van der Waals surface area contributed by atoms with Gasteiger partial charge in [-0.25, -0.2) is 0 Å². The van der Waals surface area contributed by atoms with E-state index >= 15 is 0 Å². The molecule has 5 heteroatoms. The van der Waals surface area contributed by atoms with Gasteiger partial charge in [-0.1, -0.05) is 40.2 Å². The van der Waals surface area contributed by atoms with Crippen LogP contribution in [0.2, 0.25) is 0 Å². The summed E-state index contributed by atoms with van der Waals surface area (Å²) in [5.74, 6) is -0.0117. The minimum absolute atomic E-state index is 0.0117. The van der Waals surface area contributed by atoms with E-state index in [4.69, 9.17) is 0 Å². The van der Waals surface area contributed by atoms with Crippen LogP contribution in [0, 0.1) is 6.92 Å². The van der Waals surface area contributed by atoms with Gasteiger partial charge in [-0.3, -0.25) is 9.69 Å². The van der Waals surface area contributed by atoms with E-state index < -0.39 is 0 Å². The van der Waals surface area contributed by atoms with E-state index in [1.165, 1.54) is 0 Å². The topological polar surface area (TPSA) is 35.6 Å². The number of hydrogen-bond acceptors (Lipinski definition) is 3. The number of benzene rings is 3. The van der Waals surface area contributed by atoms with Crippen LogP contribution in [-0.4, -0.2) is 20.0 Å². The second-order valence-electron chi connectivity index (χ2n) is 7.24. The van der Waals surface area contributed by atoms with Crippen LogP contribution >= 0.6 is 15.9 Å². The first-order valence-corrected chi connectivity index (χ1v) is 9.97. The summed E-state index contributed by atoms with van der Waals surface area (Å²) in [6, 6.07) is 22.1. The van der Waals surface area contributed by atoms with Crippen LogP contribution < -0.4 is 15.1 Å². The highest BCUT2D eigenvalue weighted by molar-refractivity contribution is 9.10. The van der Waals surface area contributed by atoms with Crippen molar-refractivity contribution in [2.45, 2.75) is 13.1 Å². The van der Waals surface area contributed by atoms with E-state index in [1.54, 1.807) is 0 Å². The van der Waals surface area contributed by atoms with Crippen molar-refractivity contribution in [1.82, 2.24) is 0 Å². The van der Waals surface area contributed by atoms with Gasteiger partial charge in [-0.2, -0.15) is 0 Å². The summed E-state index contributed by atoms with van der Waals surface area (Å²) in [5, 5.41) is 3.56. The number of nitrogens with one attached hydrogen (secondary N) is 1. The van der Waals surface area contributed by atoms with Crippen molar-refractivity contribution in [3.63, 3.8) is 0 Å². The number of rotatable bonds is 3. The Morgan fingerprint density at radius 2 is 1.75 bits per heavy atom. The first-order valence-electron chi connectivity index (χ1n) is 9.17. The van der Waals surface area contributed by atoms with Crippen molar-refractivity contribution in [3.8, 4) is 0 Å². The summed E-state index contributed by atoms with van der Waals surface area (Å²) in [6.45, 7) is 2.04. The number of hydrogen-bond donors (Lipinski definition) is 1. The summed E-state index contributed by atoms with van der Waals surface area (Å²) >= 11 is 3.48. The fourth-order valence-electron chi connectivity index (χ4n) is 3.51. The molecule has 3 aromatic rings. The quantitative estimate of drug-likeness (QED) is 0.581. The van der Waals surface area contributed by atoms with Gasteiger partial charge in [0.2, 0.25) is 0 Å². The maximum Gasteiger partial charge on any atom is 0.262 e. The average Bonchev–Trinajstić information content (AvgIpc) is 2.68.